The molecule has 106 valence electrons. The molecule has 1 rings (SSSR count). The van der Waals surface area contributed by atoms with Crippen molar-refractivity contribution in [2.24, 2.45) is 5.92 Å². The molecule has 0 spiro atoms. The van der Waals surface area contributed by atoms with Gasteiger partial charge in [-0.2, -0.15) is 5.26 Å². The van der Waals surface area contributed by atoms with E-state index in [0.717, 1.165) is 0 Å². The van der Waals surface area contributed by atoms with Gasteiger partial charge in [-0.15, -0.1) is 0 Å². The zero-order valence-corrected chi connectivity index (χ0v) is 11.3. The first kappa shape index (κ1) is 15.5. The predicted molar refractivity (Wildman–Crippen MR) is 71.1 cm³/mol. The molecular formula is C14H16N2O4. The van der Waals surface area contributed by atoms with E-state index in [-0.39, 0.29) is 12.5 Å². The lowest BCUT2D eigenvalue weighted by Gasteiger charge is -2.18. The molecule has 1 amide bonds. The van der Waals surface area contributed by atoms with Crippen molar-refractivity contribution in [3.63, 3.8) is 0 Å². The second-order valence-corrected chi connectivity index (χ2v) is 4.52. The van der Waals surface area contributed by atoms with Gasteiger partial charge in [-0.25, -0.2) is 4.79 Å². The Morgan fingerprint density at radius 1 is 1.40 bits per heavy atom. The Labute approximate surface area is 117 Å². The van der Waals surface area contributed by atoms with E-state index >= 15 is 0 Å². The van der Waals surface area contributed by atoms with Crippen molar-refractivity contribution in [3.8, 4) is 11.8 Å². The number of carbonyl (C=O) groups excluding carboxylic acids is 1. The normalized spacial score (nSPS) is 11.5. The molecule has 2 N–H and O–H groups in total. The number of hydrogen-bond donors (Lipinski definition) is 2. The molecule has 1 aromatic rings. The molecule has 0 heterocycles. The van der Waals surface area contributed by atoms with Gasteiger partial charge in [0, 0.05) is 0 Å². The second-order valence-electron chi connectivity index (χ2n) is 4.52. The van der Waals surface area contributed by atoms with Gasteiger partial charge < -0.3 is 15.2 Å². The summed E-state index contributed by atoms with van der Waals surface area (Å²) in [6.45, 7) is 3.06. The van der Waals surface area contributed by atoms with Crippen molar-refractivity contribution in [2.45, 2.75) is 19.9 Å². The minimum atomic E-state index is -1.09. The lowest BCUT2D eigenvalue weighted by atomic mass is 10.1. The van der Waals surface area contributed by atoms with Crippen LogP contribution in [-0.2, 0) is 9.59 Å². The molecule has 6 heteroatoms. The van der Waals surface area contributed by atoms with Crippen molar-refractivity contribution >= 4 is 11.9 Å². The molecular weight excluding hydrogens is 260 g/mol. The number of rotatable bonds is 6. The van der Waals surface area contributed by atoms with E-state index in [1.54, 1.807) is 38.1 Å². The van der Waals surface area contributed by atoms with E-state index in [2.05, 4.69) is 5.32 Å². The molecule has 0 aliphatic heterocycles. The maximum absolute atomic E-state index is 11.7. The zero-order chi connectivity index (χ0) is 15.1. The molecule has 0 saturated carbocycles. The van der Waals surface area contributed by atoms with Crippen LogP contribution in [0.3, 0.4) is 0 Å². The van der Waals surface area contributed by atoms with E-state index in [1.807, 2.05) is 6.07 Å². The van der Waals surface area contributed by atoms with Gasteiger partial charge in [0.15, 0.2) is 6.61 Å². The Morgan fingerprint density at radius 3 is 2.60 bits per heavy atom. The molecule has 1 atom stereocenters. The predicted octanol–water partition coefficient (Wildman–Crippen LogP) is 1.16. The smallest absolute Gasteiger partial charge is 0.326 e. The fourth-order valence-corrected chi connectivity index (χ4v) is 1.56. The Kier molecular flexibility index (Phi) is 5.54. The van der Waals surface area contributed by atoms with Gasteiger partial charge in [0.2, 0.25) is 0 Å². The van der Waals surface area contributed by atoms with E-state index in [1.165, 1.54) is 0 Å². The van der Waals surface area contributed by atoms with E-state index in [4.69, 9.17) is 15.1 Å². The topological polar surface area (TPSA) is 99.4 Å². The third kappa shape index (κ3) is 4.28. The summed E-state index contributed by atoms with van der Waals surface area (Å²) >= 11 is 0. The molecule has 0 radical (unpaired) electrons. The molecule has 0 fully saturated rings. The number of aliphatic carboxylic acids is 1. The SMILES string of the molecule is CC(C)C(NC(=O)COc1ccccc1C#N)C(=O)O. The quantitative estimate of drug-likeness (QED) is 0.812. The average Bonchev–Trinajstić information content (AvgIpc) is 2.42. The number of para-hydroxylation sites is 1. The number of amides is 1. The minimum absolute atomic E-state index is 0.233. The number of carbonyl (C=O) groups is 2. The summed E-state index contributed by atoms with van der Waals surface area (Å²) in [5.41, 5.74) is 0.318. The highest BCUT2D eigenvalue weighted by atomic mass is 16.5. The van der Waals surface area contributed by atoms with Crippen LogP contribution in [0.25, 0.3) is 0 Å². The summed E-state index contributed by atoms with van der Waals surface area (Å²) in [6.07, 6.45) is 0. The first-order valence-electron chi connectivity index (χ1n) is 6.09. The average molecular weight is 276 g/mol. The molecule has 0 aromatic heterocycles. The molecule has 0 aliphatic carbocycles. The van der Waals surface area contributed by atoms with Crippen LogP contribution < -0.4 is 10.1 Å². The van der Waals surface area contributed by atoms with Crippen LogP contribution in [0.4, 0.5) is 0 Å². The Bertz CT molecular complexity index is 534. The first-order chi connectivity index (χ1) is 9.45. The van der Waals surface area contributed by atoms with Gasteiger partial charge in [0.25, 0.3) is 5.91 Å². The fraction of sp³-hybridized carbons (Fsp3) is 0.357. The van der Waals surface area contributed by atoms with Crippen LogP contribution >= 0.6 is 0 Å². The van der Waals surface area contributed by atoms with Gasteiger partial charge in [-0.3, -0.25) is 4.79 Å². The van der Waals surface area contributed by atoms with Crippen molar-refractivity contribution in [1.82, 2.24) is 5.32 Å². The summed E-state index contributed by atoms with van der Waals surface area (Å²) in [4.78, 5) is 22.6. The fourth-order valence-electron chi connectivity index (χ4n) is 1.56. The molecule has 0 saturated heterocycles. The van der Waals surface area contributed by atoms with Crippen LogP contribution in [0.1, 0.15) is 19.4 Å². The Hall–Kier alpha value is -2.55. The van der Waals surface area contributed by atoms with E-state index in [0.29, 0.717) is 11.3 Å². The lowest BCUT2D eigenvalue weighted by Crippen LogP contribution is -2.46. The van der Waals surface area contributed by atoms with Crippen molar-refractivity contribution < 1.29 is 19.4 Å². The standard InChI is InChI=1S/C14H16N2O4/c1-9(2)13(14(18)19)16-12(17)8-20-11-6-4-3-5-10(11)7-15/h3-6,9,13H,8H2,1-2H3,(H,16,17)(H,18,19). The number of ether oxygens (including phenoxy) is 1. The highest BCUT2D eigenvalue weighted by molar-refractivity contribution is 5.84. The first-order valence-corrected chi connectivity index (χ1v) is 6.09. The van der Waals surface area contributed by atoms with Crippen LogP contribution in [0, 0.1) is 17.2 Å². The monoisotopic (exact) mass is 276 g/mol. The molecule has 0 bridgehead atoms. The maximum atomic E-state index is 11.7. The second kappa shape index (κ2) is 7.14. The third-order valence-electron chi connectivity index (χ3n) is 2.62. The number of carboxylic acid groups (broad SMARTS) is 1. The van der Waals surface area contributed by atoms with Crippen molar-refractivity contribution in [1.29, 1.82) is 5.26 Å². The molecule has 1 aromatic carbocycles. The largest absolute Gasteiger partial charge is 0.482 e. The van der Waals surface area contributed by atoms with E-state index in [9.17, 15) is 9.59 Å². The lowest BCUT2D eigenvalue weighted by molar-refractivity contribution is -0.143. The number of hydrogen-bond acceptors (Lipinski definition) is 4. The van der Waals surface area contributed by atoms with Gasteiger partial charge in [-0.05, 0) is 18.1 Å². The van der Waals surface area contributed by atoms with Crippen molar-refractivity contribution in [2.75, 3.05) is 6.61 Å². The molecule has 1 unspecified atom stereocenters. The summed E-state index contributed by atoms with van der Waals surface area (Å²) < 4.78 is 5.22. The number of nitrogens with zero attached hydrogens (tertiary/aromatic N) is 1. The van der Waals surface area contributed by atoms with Crippen LogP contribution in [0.15, 0.2) is 24.3 Å². The third-order valence-corrected chi connectivity index (χ3v) is 2.62. The summed E-state index contributed by atoms with van der Waals surface area (Å²) in [5, 5.41) is 20.2. The van der Waals surface area contributed by atoms with Gasteiger partial charge >= 0.3 is 5.97 Å². The van der Waals surface area contributed by atoms with E-state index < -0.39 is 17.9 Å². The number of nitriles is 1. The van der Waals surface area contributed by atoms with Crippen LogP contribution in [-0.4, -0.2) is 29.6 Å². The number of carboxylic acids is 1. The summed E-state index contributed by atoms with van der Waals surface area (Å²) in [6, 6.07) is 7.50. The zero-order valence-electron chi connectivity index (χ0n) is 11.3. The van der Waals surface area contributed by atoms with Gasteiger partial charge in [-0.1, -0.05) is 26.0 Å². The molecule has 0 aliphatic rings. The number of benzene rings is 1. The summed E-state index contributed by atoms with van der Waals surface area (Å²) in [7, 11) is 0. The van der Waals surface area contributed by atoms with Gasteiger partial charge in [0.05, 0.1) is 5.56 Å². The Morgan fingerprint density at radius 2 is 2.05 bits per heavy atom. The van der Waals surface area contributed by atoms with Gasteiger partial charge in [0.1, 0.15) is 17.9 Å². The summed E-state index contributed by atoms with van der Waals surface area (Å²) in [5.74, 6) is -1.57. The Balaban J connectivity index is 2.60. The van der Waals surface area contributed by atoms with Crippen LogP contribution in [0.2, 0.25) is 0 Å². The molecule has 20 heavy (non-hydrogen) atoms. The van der Waals surface area contributed by atoms with Crippen molar-refractivity contribution in [3.05, 3.63) is 29.8 Å². The highest BCUT2D eigenvalue weighted by Crippen LogP contribution is 2.16. The maximum Gasteiger partial charge on any atom is 0.326 e. The highest BCUT2D eigenvalue weighted by Gasteiger charge is 2.23. The number of nitrogens with one attached hydrogen (secondary N) is 1. The molecule has 6 nitrogen and oxygen atoms in total. The van der Waals surface area contributed by atoms with Crippen LogP contribution in [0.5, 0.6) is 5.75 Å². The minimum Gasteiger partial charge on any atom is -0.482 e.